The van der Waals surface area contributed by atoms with Gasteiger partial charge in [0.2, 0.25) is 0 Å². The second-order valence-electron chi connectivity index (χ2n) is 4.03. The highest BCUT2D eigenvalue weighted by Crippen LogP contribution is 2.32. The van der Waals surface area contributed by atoms with Crippen molar-refractivity contribution >= 4 is 49.1 Å². The van der Waals surface area contributed by atoms with Crippen LogP contribution in [0.25, 0.3) is 0 Å². The maximum absolute atomic E-state index is 12.1. The fraction of sp³-hybridized carbons (Fsp3) is 0.154. The van der Waals surface area contributed by atoms with E-state index in [2.05, 4.69) is 37.2 Å². The summed E-state index contributed by atoms with van der Waals surface area (Å²) in [6.07, 6.45) is 0. The van der Waals surface area contributed by atoms with Crippen molar-refractivity contribution in [1.29, 1.82) is 0 Å². The SMILES string of the molecule is CC(NC(=O)c1cc(Br)sc1Br)c1cccc(O)c1. The number of thiophene rings is 1. The molecule has 0 saturated heterocycles. The molecule has 1 unspecified atom stereocenters. The Balaban J connectivity index is 2.13. The van der Waals surface area contributed by atoms with E-state index < -0.39 is 0 Å². The summed E-state index contributed by atoms with van der Waals surface area (Å²) in [5.74, 6) is 0.0442. The quantitative estimate of drug-likeness (QED) is 0.792. The summed E-state index contributed by atoms with van der Waals surface area (Å²) in [6.45, 7) is 1.88. The van der Waals surface area contributed by atoms with Gasteiger partial charge in [0.25, 0.3) is 5.91 Å². The van der Waals surface area contributed by atoms with Gasteiger partial charge in [0.15, 0.2) is 0 Å². The Labute approximate surface area is 131 Å². The molecule has 0 spiro atoms. The molecule has 0 aliphatic carbocycles. The number of phenolic OH excluding ortho intramolecular Hbond substituents is 1. The largest absolute Gasteiger partial charge is 0.508 e. The van der Waals surface area contributed by atoms with Crippen LogP contribution in [0, 0.1) is 0 Å². The van der Waals surface area contributed by atoms with Crippen LogP contribution in [0.5, 0.6) is 5.75 Å². The summed E-state index contributed by atoms with van der Waals surface area (Å²) in [4.78, 5) is 12.1. The van der Waals surface area contributed by atoms with Gasteiger partial charge >= 0.3 is 0 Å². The number of halogens is 2. The van der Waals surface area contributed by atoms with Crippen LogP contribution in [0.15, 0.2) is 37.9 Å². The lowest BCUT2D eigenvalue weighted by Gasteiger charge is -2.14. The van der Waals surface area contributed by atoms with Crippen LogP contribution in [0.3, 0.4) is 0 Å². The Morgan fingerprint density at radius 3 is 2.68 bits per heavy atom. The standard InChI is InChI=1S/C13H11Br2NO2S/c1-7(8-3-2-4-9(17)5-8)16-13(18)10-6-11(14)19-12(10)15/h2-7,17H,1H3,(H,16,18). The number of nitrogens with one attached hydrogen (secondary N) is 1. The van der Waals surface area contributed by atoms with Gasteiger partial charge in [0.1, 0.15) is 5.75 Å². The van der Waals surface area contributed by atoms with Gasteiger partial charge in [-0.25, -0.2) is 0 Å². The molecule has 0 radical (unpaired) electrons. The van der Waals surface area contributed by atoms with Crippen molar-refractivity contribution in [2.45, 2.75) is 13.0 Å². The molecule has 1 atom stereocenters. The van der Waals surface area contributed by atoms with E-state index in [1.807, 2.05) is 13.0 Å². The van der Waals surface area contributed by atoms with Gasteiger partial charge in [-0.15, -0.1) is 11.3 Å². The highest BCUT2D eigenvalue weighted by atomic mass is 79.9. The smallest absolute Gasteiger partial charge is 0.253 e. The molecule has 2 rings (SSSR count). The zero-order valence-electron chi connectivity index (χ0n) is 9.98. The second-order valence-corrected chi connectivity index (χ2v) is 7.78. The number of amides is 1. The highest BCUT2D eigenvalue weighted by Gasteiger charge is 2.16. The first kappa shape index (κ1) is 14.6. The molecule has 0 fully saturated rings. The molecule has 0 saturated carbocycles. The predicted octanol–water partition coefficient (Wildman–Crippen LogP) is 4.47. The van der Waals surface area contributed by atoms with Crippen LogP contribution in [0.2, 0.25) is 0 Å². The molecule has 0 aliphatic heterocycles. The van der Waals surface area contributed by atoms with Crippen molar-refractivity contribution in [3.8, 4) is 5.75 Å². The van der Waals surface area contributed by atoms with Crippen molar-refractivity contribution in [2.24, 2.45) is 0 Å². The minimum Gasteiger partial charge on any atom is -0.508 e. The number of carbonyl (C=O) groups excluding carboxylic acids is 1. The van der Waals surface area contributed by atoms with Gasteiger partial charge in [-0.1, -0.05) is 12.1 Å². The lowest BCUT2D eigenvalue weighted by Crippen LogP contribution is -2.26. The first-order valence-corrected chi connectivity index (χ1v) is 7.92. The van der Waals surface area contributed by atoms with Gasteiger partial charge in [-0.2, -0.15) is 0 Å². The van der Waals surface area contributed by atoms with E-state index in [1.54, 1.807) is 24.3 Å². The molecule has 19 heavy (non-hydrogen) atoms. The number of benzene rings is 1. The number of carbonyl (C=O) groups is 1. The van der Waals surface area contributed by atoms with Gasteiger partial charge in [0, 0.05) is 0 Å². The fourth-order valence-electron chi connectivity index (χ4n) is 1.65. The lowest BCUT2D eigenvalue weighted by molar-refractivity contribution is 0.0939. The molecule has 6 heteroatoms. The number of aromatic hydroxyl groups is 1. The Hall–Kier alpha value is -0.850. The van der Waals surface area contributed by atoms with E-state index in [0.29, 0.717) is 5.56 Å². The molecule has 3 nitrogen and oxygen atoms in total. The zero-order chi connectivity index (χ0) is 14.0. The molecule has 100 valence electrons. The van der Waals surface area contributed by atoms with E-state index in [1.165, 1.54) is 11.3 Å². The Morgan fingerprint density at radius 2 is 2.11 bits per heavy atom. The number of phenols is 1. The van der Waals surface area contributed by atoms with Crippen molar-refractivity contribution in [3.63, 3.8) is 0 Å². The first-order chi connectivity index (χ1) is 8.97. The molecule has 1 heterocycles. The van der Waals surface area contributed by atoms with Crippen molar-refractivity contribution in [2.75, 3.05) is 0 Å². The van der Waals surface area contributed by atoms with Crippen molar-refractivity contribution in [1.82, 2.24) is 5.32 Å². The fourth-order valence-corrected chi connectivity index (χ4v) is 4.44. The van der Waals surface area contributed by atoms with E-state index in [-0.39, 0.29) is 17.7 Å². The van der Waals surface area contributed by atoms with E-state index in [4.69, 9.17) is 0 Å². The minimum absolute atomic E-state index is 0.148. The topological polar surface area (TPSA) is 49.3 Å². The van der Waals surface area contributed by atoms with E-state index in [0.717, 1.165) is 13.1 Å². The molecule has 1 amide bonds. The third kappa shape index (κ3) is 3.58. The summed E-state index contributed by atoms with van der Waals surface area (Å²) in [7, 11) is 0. The highest BCUT2D eigenvalue weighted by molar-refractivity contribution is 9.12. The molecular weight excluding hydrogens is 394 g/mol. The first-order valence-electron chi connectivity index (χ1n) is 5.52. The summed E-state index contributed by atoms with van der Waals surface area (Å²) >= 11 is 8.17. The molecule has 1 aromatic carbocycles. The molecular formula is C13H11Br2NO2S. The molecule has 2 N–H and O–H groups in total. The number of rotatable bonds is 3. The third-order valence-electron chi connectivity index (χ3n) is 2.62. The summed E-state index contributed by atoms with van der Waals surface area (Å²) in [5.41, 5.74) is 1.46. The average molecular weight is 405 g/mol. The third-order valence-corrected chi connectivity index (χ3v) is 4.96. The van der Waals surface area contributed by atoms with Crippen molar-refractivity contribution in [3.05, 3.63) is 49.0 Å². The summed E-state index contributed by atoms with van der Waals surface area (Å²) in [5, 5.41) is 12.3. The predicted molar refractivity (Wildman–Crippen MR) is 83.7 cm³/mol. The van der Waals surface area contributed by atoms with Gasteiger partial charge < -0.3 is 10.4 Å². The minimum atomic E-state index is -0.176. The van der Waals surface area contributed by atoms with Crippen LogP contribution in [0.4, 0.5) is 0 Å². The maximum Gasteiger partial charge on any atom is 0.253 e. The Kier molecular flexibility index (Phi) is 4.65. The Morgan fingerprint density at radius 1 is 1.37 bits per heavy atom. The van der Waals surface area contributed by atoms with Crippen LogP contribution >= 0.6 is 43.2 Å². The van der Waals surface area contributed by atoms with E-state index >= 15 is 0 Å². The van der Waals surface area contributed by atoms with Crippen LogP contribution in [-0.4, -0.2) is 11.0 Å². The normalized spacial score (nSPS) is 12.2. The van der Waals surface area contributed by atoms with E-state index in [9.17, 15) is 9.90 Å². The molecule has 0 bridgehead atoms. The van der Waals surface area contributed by atoms with Crippen LogP contribution in [-0.2, 0) is 0 Å². The average Bonchev–Trinajstić information content (AvgIpc) is 2.68. The van der Waals surface area contributed by atoms with Gasteiger partial charge in [0.05, 0.1) is 19.2 Å². The maximum atomic E-state index is 12.1. The monoisotopic (exact) mass is 403 g/mol. The lowest BCUT2D eigenvalue weighted by atomic mass is 10.1. The molecule has 2 aromatic rings. The Bertz CT molecular complexity index is 612. The van der Waals surface area contributed by atoms with Crippen molar-refractivity contribution < 1.29 is 9.90 Å². The second kappa shape index (κ2) is 6.07. The zero-order valence-corrected chi connectivity index (χ0v) is 14.0. The number of hydrogen-bond acceptors (Lipinski definition) is 3. The summed E-state index contributed by atoms with van der Waals surface area (Å²) < 4.78 is 1.69. The van der Waals surface area contributed by atoms with Gasteiger partial charge in [-0.3, -0.25) is 4.79 Å². The van der Waals surface area contributed by atoms with Crippen LogP contribution in [0.1, 0.15) is 28.9 Å². The van der Waals surface area contributed by atoms with Crippen LogP contribution < -0.4 is 5.32 Å². The molecule has 1 aromatic heterocycles. The number of hydrogen-bond donors (Lipinski definition) is 2. The van der Waals surface area contributed by atoms with Gasteiger partial charge in [-0.05, 0) is 62.5 Å². The molecule has 0 aliphatic rings. The summed E-state index contributed by atoms with van der Waals surface area (Å²) in [6, 6.07) is 8.46.